The van der Waals surface area contributed by atoms with E-state index in [2.05, 4.69) is 10.4 Å². The molecule has 1 aliphatic rings. The van der Waals surface area contributed by atoms with E-state index in [1.54, 1.807) is 16.9 Å². The summed E-state index contributed by atoms with van der Waals surface area (Å²) in [6, 6.07) is 1.92. The van der Waals surface area contributed by atoms with Crippen molar-refractivity contribution in [1.29, 1.82) is 0 Å². The Bertz CT molecular complexity index is 389. The lowest BCUT2D eigenvalue weighted by Gasteiger charge is -2.17. The molecule has 1 saturated heterocycles. The van der Waals surface area contributed by atoms with Gasteiger partial charge in [-0.3, -0.25) is 9.48 Å². The Morgan fingerprint density at radius 3 is 3.12 bits per heavy atom. The third-order valence-corrected chi connectivity index (χ3v) is 3.15. The molecule has 0 amide bonds. The van der Waals surface area contributed by atoms with E-state index in [1.165, 1.54) is 0 Å². The highest BCUT2D eigenvalue weighted by Gasteiger charge is 2.35. The first-order valence-corrected chi connectivity index (χ1v) is 6.15. The molecule has 1 fully saturated rings. The van der Waals surface area contributed by atoms with Crippen LogP contribution in [0.25, 0.3) is 0 Å². The molecule has 2 heterocycles. The molecule has 1 aromatic rings. The Balaban J connectivity index is 2.14. The molecular weight excluding hydrogens is 218 g/mol. The van der Waals surface area contributed by atoms with Crippen LogP contribution in [-0.2, 0) is 11.3 Å². The highest BCUT2D eigenvalue weighted by molar-refractivity contribution is 5.97. The van der Waals surface area contributed by atoms with Gasteiger partial charge in [0.05, 0.1) is 19.1 Å². The third-order valence-electron chi connectivity index (χ3n) is 3.15. The topological polar surface area (TPSA) is 56.1 Å². The van der Waals surface area contributed by atoms with Gasteiger partial charge in [0.2, 0.25) is 0 Å². The van der Waals surface area contributed by atoms with E-state index in [0.717, 1.165) is 6.54 Å². The van der Waals surface area contributed by atoms with Gasteiger partial charge in [0.1, 0.15) is 5.69 Å². The summed E-state index contributed by atoms with van der Waals surface area (Å²) in [5.41, 5.74) is 0.686. The number of ether oxygens (including phenoxy) is 1. The minimum Gasteiger partial charge on any atom is -0.379 e. The zero-order chi connectivity index (χ0) is 12.3. The number of hydrogen-bond donors (Lipinski definition) is 1. The molecule has 0 aliphatic carbocycles. The van der Waals surface area contributed by atoms with Crippen molar-refractivity contribution >= 4 is 5.78 Å². The zero-order valence-electron chi connectivity index (χ0n) is 10.3. The van der Waals surface area contributed by atoms with Gasteiger partial charge in [-0.15, -0.1) is 0 Å². The fraction of sp³-hybridized carbons (Fsp3) is 0.667. The van der Waals surface area contributed by atoms with E-state index < -0.39 is 0 Å². The molecule has 0 saturated carbocycles. The number of aryl methyl sites for hydroxylation is 1. The number of ketones is 1. The Hall–Kier alpha value is -1.20. The second-order valence-electron chi connectivity index (χ2n) is 4.20. The molecule has 5 heteroatoms. The molecule has 0 spiro atoms. The molecule has 0 bridgehead atoms. The average molecular weight is 237 g/mol. The van der Waals surface area contributed by atoms with Crippen LogP contribution < -0.4 is 5.32 Å². The number of hydrogen-bond acceptors (Lipinski definition) is 4. The third kappa shape index (κ3) is 2.40. The van der Waals surface area contributed by atoms with Gasteiger partial charge >= 0.3 is 0 Å². The van der Waals surface area contributed by atoms with Gasteiger partial charge < -0.3 is 10.1 Å². The molecule has 1 aromatic heterocycles. The summed E-state index contributed by atoms with van der Waals surface area (Å²) < 4.78 is 7.14. The number of rotatable bonds is 5. The summed E-state index contributed by atoms with van der Waals surface area (Å²) in [4.78, 5) is 12.4. The van der Waals surface area contributed by atoms with Crippen LogP contribution in [0.5, 0.6) is 0 Å². The molecule has 2 rings (SSSR count). The van der Waals surface area contributed by atoms with Crippen LogP contribution >= 0.6 is 0 Å². The van der Waals surface area contributed by atoms with Gasteiger partial charge in [-0.1, -0.05) is 6.92 Å². The Labute approximate surface area is 101 Å². The standard InChI is InChI=1S/C12H19N3O2/c1-3-13-10-8-17-7-9(10)12(16)11-5-6-14-15(11)4-2/h5-6,9-10,13H,3-4,7-8H2,1-2H3. The molecular formula is C12H19N3O2. The van der Waals surface area contributed by atoms with Gasteiger partial charge in [0, 0.05) is 18.8 Å². The van der Waals surface area contributed by atoms with E-state index in [-0.39, 0.29) is 17.7 Å². The zero-order valence-corrected chi connectivity index (χ0v) is 10.3. The summed E-state index contributed by atoms with van der Waals surface area (Å²) in [7, 11) is 0. The molecule has 5 nitrogen and oxygen atoms in total. The van der Waals surface area contributed by atoms with Crippen molar-refractivity contribution in [2.45, 2.75) is 26.4 Å². The van der Waals surface area contributed by atoms with Crippen LogP contribution in [0.3, 0.4) is 0 Å². The summed E-state index contributed by atoms with van der Waals surface area (Å²) in [5, 5.41) is 7.43. The van der Waals surface area contributed by atoms with Crippen molar-refractivity contribution in [2.24, 2.45) is 5.92 Å². The van der Waals surface area contributed by atoms with Crippen LogP contribution in [0.2, 0.25) is 0 Å². The number of Topliss-reactive ketones (excluding diaryl/α,β-unsaturated/α-hetero) is 1. The van der Waals surface area contributed by atoms with Crippen LogP contribution in [0, 0.1) is 5.92 Å². The Kier molecular flexibility index (Phi) is 3.91. The molecule has 1 N–H and O–H groups in total. The van der Waals surface area contributed by atoms with Crippen LogP contribution in [0.4, 0.5) is 0 Å². The maximum atomic E-state index is 12.4. The first-order chi connectivity index (χ1) is 8.27. The minimum absolute atomic E-state index is 0.0862. The normalized spacial score (nSPS) is 24.1. The van der Waals surface area contributed by atoms with E-state index in [4.69, 9.17) is 4.74 Å². The fourth-order valence-electron chi connectivity index (χ4n) is 2.26. The predicted molar refractivity (Wildman–Crippen MR) is 64.0 cm³/mol. The summed E-state index contributed by atoms with van der Waals surface area (Å²) in [6.07, 6.45) is 1.68. The number of aromatic nitrogens is 2. The monoisotopic (exact) mass is 237 g/mol. The highest BCUT2D eigenvalue weighted by Crippen LogP contribution is 2.19. The molecule has 17 heavy (non-hydrogen) atoms. The van der Waals surface area contributed by atoms with E-state index in [0.29, 0.717) is 25.5 Å². The highest BCUT2D eigenvalue weighted by atomic mass is 16.5. The van der Waals surface area contributed by atoms with Crippen LogP contribution in [0.1, 0.15) is 24.3 Å². The average Bonchev–Trinajstić information content (AvgIpc) is 2.96. The van der Waals surface area contributed by atoms with Crippen molar-refractivity contribution < 1.29 is 9.53 Å². The van der Waals surface area contributed by atoms with Crippen LogP contribution in [-0.4, -0.2) is 41.4 Å². The fourth-order valence-corrected chi connectivity index (χ4v) is 2.26. The van der Waals surface area contributed by atoms with Gasteiger partial charge in [0.25, 0.3) is 0 Å². The quantitative estimate of drug-likeness (QED) is 0.766. The van der Waals surface area contributed by atoms with E-state index in [1.807, 2.05) is 13.8 Å². The van der Waals surface area contributed by atoms with Crippen LogP contribution in [0.15, 0.2) is 12.3 Å². The molecule has 2 atom stereocenters. The van der Waals surface area contributed by atoms with Crippen molar-refractivity contribution in [1.82, 2.24) is 15.1 Å². The lowest BCUT2D eigenvalue weighted by molar-refractivity contribution is 0.0880. The van der Waals surface area contributed by atoms with Crippen molar-refractivity contribution in [3.8, 4) is 0 Å². The summed E-state index contributed by atoms with van der Waals surface area (Å²) >= 11 is 0. The smallest absolute Gasteiger partial charge is 0.187 e. The largest absolute Gasteiger partial charge is 0.379 e. The maximum absolute atomic E-state index is 12.4. The predicted octanol–water partition coefficient (Wildman–Crippen LogP) is 0.710. The number of carbonyl (C=O) groups is 1. The van der Waals surface area contributed by atoms with Crippen molar-refractivity contribution in [3.63, 3.8) is 0 Å². The maximum Gasteiger partial charge on any atom is 0.187 e. The molecule has 94 valence electrons. The second-order valence-corrected chi connectivity index (χ2v) is 4.20. The molecule has 2 unspecified atom stereocenters. The number of nitrogens with one attached hydrogen (secondary N) is 1. The minimum atomic E-state index is -0.0862. The van der Waals surface area contributed by atoms with E-state index >= 15 is 0 Å². The second kappa shape index (κ2) is 5.42. The number of nitrogens with zero attached hydrogens (tertiary/aromatic N) is 2. The Morgan fingerprint density at radius 1 is 1.59 bits per heavy atom. The Morgan fingerprint density at radius 2 is 2.41 bits per heavy atom. The van der Waals surface area contributed by atoms with Gasteiger partial charge in [0.15, 0.2) is 5.78 Å². The summed E-state index contributed by atoms with van der Waals surface area (Å²) in [6.45, 7) is 6.71. The van der Waals surface area contributed by atoms with Crippen molar-refractivity contribution in [2.75, 3.05) is 19.8 Å². The number of likely N-dealkylation sites (N-methyl/N-ethyl adjacent to an activating group) is 1. The first kappa shape index (κ1) is 12.3. The summed E-state index contributed by atoms with van der Waals surface area (Å²) in [5.74, 6) is 0.0461. The lowest BCUT2D eigenvalue weighted by atomic mass is 9.96. The first-order valence-electron chi connectivity index (χ1n) is 6.15. The molecule has 1 aliphatic heterocycles. The SMILES string of the molecule is CCNC1COCC1C(=O)c1ccnn1CC. The molecule has 0 radical (unpaired) electrons. The molecule has 0 aromatic carbocycles. The van der Waals surface area contributed by atoms with Gasteiger partial charge in [-0.2, -0.15) is 5.10 Å². The van der Waals surface area contributed by atoms with Gasteiger partial charge in [-0.05, 0) is 19.5 Å². The van der Waals surface area contributed by atoms with E-state index in [9.17, 15) is 4.79 Å². The van der Waals surface area contributed by atoms with Crippen molar-refractivity contribution in [3.05, 3.63) is 18.0 Å². The van der Waals surface area contributed by atoms with Gasteiger partial charge in [-0.25, -0.2) is 0 Å². The lowest BCUT2D eigenvalue weighted by Crippen LogP contribution is -2.39. The number of carbonyl (C=O) groups excluding carboxylic acids is 1.